The lowest BCUT2D eigenvalue weighted by Gasteiger charge is -2.16. The minimum absolute atomic E-state index is 0.369. The summed E-state index contributed by atoms with van der Waals surface area (Å²) in [6.07, 6.45) is 2.25. The number of benzene rings is 2. The number of carbonyl (C=O) groups is 1. The molecule has 23 heavy (non-hydrogen) atoms. The lowest BCUT2D eigenvalue weighted by Crippen LogP contribution is -2.20. The highest BCUT2D eigenvalue weighted by molar-refractivity contribution is 5.87. The number of carboxylic acids is 1. The van der Waals surface area contributed by atoms with Crippen LogP contribution in [-0.4, -0.2) is 29.1 Å². The lowest BCUT2D eigenvalue weighted by atomic mass is 9.97. The van der Waals surface area contributed by atoms with Gasteiger partial charge in [0, 0.05) is 13.1 Å². The molecule has 0 spiro atoms. The Morgan fingerprint density at radius 1 is 1.17 bits per heavy atom. The van der Waals surface area contributed by atoms with Crippen LogP contribution in [0.1, 0.15) is 46.3 Å². The zero-order valence-corrected chi connectivity index (χ0v) is 13.5. The molecule has 0 aromatic heterocycles. The fourth-order valence-electron chi connectivity index (χ4n) is 3.33. The van der Waals surface area contributed by atoms with Crippen LogP contribution in [0.5, 0.6) is 0 Å². The van der Waals surface area contributed by atoms with Crippen molar-refractivity contribution in [1.29, 1.82) is 0 Å². The Bertz CT molecular complexity index is 678. The Labute approximate surface area is 137 Å². The van der Waals surface area contributed by atoms with Crippen molar-refractivity contribution < 1.29 is 9.90 Å². The number of nitrogens with zero attached hydrogens (tertiary/aromatic N) is 1. The molecule has 1 aliphatic heterocycles. The van der Waals surface area contributed by atoms with Gasteiger partial charge in [0.2, 0.25) is 0 Å². The molecule has 1 fully saturated rings. The Hall–Kier alpha value is -2.13. The van der Waals surface area contributed by atoms with Gasteiger partial charge in [0.05, 0.1) is 5.56 Å². The predicted molar refractivity (Wildman–Crippen MR) is 91.9 cm³/mol. The van der Waals surface area contributed by atoms with Gasteiger partial charge >= 0.3 is 5.97 Å². The molecule has 3 rings (SSSR count). The van der Waals surface area contributed by atoms with Crippen molar-refractivity contribution in [3.8, 4) is 0 Å². The van der Waals surface area contributed by atoms with E-state index in [0.717, 1.165) is 31.6 Å². The molecule has 0 amide bonds. The van der Waals surface area contributed by atoms with Crippen LogP contribution in [0.4, 0.5) is 0 Å². The van der Waals surface area contributed by atoms with E-state index in [1.165, 1.54) is 17.5 Å². The average molecular weight is 309 g/mol. The van der Waals surface area contributed by atoms with E-state index in [0.29, 0.717) is 11.5 Å². The number of aromatic carboxylic acids is 1. The van der Waals surface area contributed by atoms with Crippen molar-refractivity contribution in [2.75, 3.05) is 13.1 Å². The highest BCUT2D eigenvalue weighted by Gasteiger charge is 2.23. The third-order valence-electron chi connectivity index (χ3n) is 4.71. The molecular weight excluding hydrogens is 286 g/mol. The van der Waals surface area contributed by atoms with E-state index in [1.54, 1.807) is 12.1 Å². The quantitative estimate of drug-likeness (QED) is 0.909. The smallest absolute Gasteiger partial charge is 0.335 e. The standard InChI is InChI=1S/C20H23NO2/c1-2-15-6-8-17(9-7-15)19-10-11-21(14-19)13-16-4-3-5-18(12-16)20(22)23/h3-9,12,19H,2,10-11,13-14H2,1H3,(H,22,23). The van der Waals surface area contributed by atoms with E-state index < -0.39 is 5.97 Å². The number of carboxylic acid groups (broad SMARTS) is 1. The summed E-state index contributed by atoms with van der Waals surface area (Å²) in [5, 5.41) is 9.09. The Balaban J connectivity index is 1.63. The predicted octanol–water partition coefficient (Wildman–Crippen LogP) is 3.94. The normalized spacial score (nSPS) is 18.2. The minimum atomic E-state index is -0.859. The van der Waals surface area contributed by atoms with Crippen LogP contribution in [0.3, 0.4) is 0 Å². The van der Waals surface area contributed by atoms with E-state index >= 15 is 0 Å². The first kappa shape index (κ1) is 15.8. The highest BCUT2D eigenvalue weighted by Crippen LogP contribution is 2.28. The van der Waals surface area contributed by atoms with Gasteiger partial charge in [-0.3, -0.25) is 4.90 Å². The van der Waals surface area contributed by atoms with Crippen LogP contribution in [0, 0.1) is 0 Å². The SMILES string of the molecule is CCc1ccc(C2CCN(Cc3cccc(C(=O)O)c3)C2)cc1. The molecule has 0 saturated carbocycles. The third-order valence-corrected chi connectivity index (χ3v) is 4.71. The zero-order chi connectivity index (χ0) is 16.2. The number of hydrogen-bond acceptors (Lipinski definition) is 2. The number of rotatable bonds is 5. The van der Waals surface area contributed by atoms with Crippen LogP contribution in [0.2, 0.25) is 0 Å². The summed E-state index contributed by atoms with van der Waals surface area (Å²) < 4.78 is 0. The summed E-state index contributed by atoms with van der Waals surface area (Å²) in [5.74, 6) is -0.272. The van der Waals surface area contributed by atoms with Crippen molar-refractivity contribution in [2.45, 2.75) is 32.2 Å². The monoisotopic (exact) mass is 309 g/mol. The molecule has 1 saturated heterocycles. The lowest BCUT2D eigenvalue weighted by molar-refractivity contribution is 0.0696. The van der Waals surface area contributed by atoms with E-state index in [2.05, 4.69) is 36.1 Å². The summed E-state index contributed by atoms with van der Waals surface area (Å²) in [6.45, 7) is 5.11. The van der Waals surface area contributed by atoms with Gasteiger partial charge in [-0.15, -0.1) is 0 Å². The van der Waals surface area contributed by atoms with Gasteiger partial charge in [0.1, 0.15) is 0 Å². The van der Waals surface area contributed by atoms with Crippen molar-refractivity contribution in [3.63, 3.8) is 0 Å². The molecule has 1 unspecified atom stereocenters. The van der Waals surface area contributed by atoms with Crippen LogP contribution in [0.15, 0.2) is 48.5 Å². The van der Waals surface area contributed by atoms with Gasteiger partial charge in [-0.1, -0.05) is 43.3 Å². The number of hydrogen-bond donors (Lipinski definition) is 1. The minimum Gasteiger partial charge on any atom is -0.478 e. The van der Waals surface area contributed by atoms with E-state index in [1.807, 2.05) is 12.1 Å². The number of likely N-dealkylation sites (tertiary alicyclic amines) is 1. The molecule has 1 atom stereocenters. The summed E-state index contributed by atoms with van der Waals surface area (Å²) in [6, 6.07) is 16.3. The van der Waals surface area contributed by atoms with Crippen LogP contribution in [0.25, 0.3) is 0 Å². The summed E-state index contributed by atoms with van der Waals surface area (Å²) in [4.78, 5) is 13.5. The fraction of sp³-hybridized carbons (Fsp3) is 0.350. The first-order chi connectivity index (χ1) is 11.2. The van der Waals surface area contributed by atoms with Crippen LogP contribution >= 0.6 is 0 Å². The van der Waals surface area contributed by atoms with Gasteiger partial charge in [0.15, 0.2) is 0 Å². The molecule has 3 nitrogen and oxygen atoms in total. The first-order valence-electron chi connectivity index (χ1n) is 8.29. The molecule has 1 heterocycles. The molecule has 120 valence electrons. The molecular formula is C20H23NO2. The molecule has 0 radical (unpaired) electrons. The maximum atomic E-state index is 11.1. The van der Waals surface area contributed by atoms with Crippen LogP contribution in [-0.2, 0) is 13.0 Å². The van der Waals surface area contributed by atoms with Crippen molar-refractivity contribution in [1.82, 2.24) is 4.90 Å². The molecule has 0 bridgehead atoms. The topological polar surface area (TPSA) is 40.5 Å². The molecule has 2 aromatic rings. The fourth-order valence-corrected chi connectivity index (χ4v) is 3.33. The zero-order valence-electron chi connectivity index (χ0n) is 13.5. The molecule has 2 aromatic carbocycles. The molecule has 3 heteroatoms. The van der Waals surface area contributed by atoms with Crippen LogP contribution < -0.4 is 0 Å². The first-order valence-corrected chi connectivity index (χ1v) is 8.29. The van der Waals surface area contributed by atoms with E-state index in [4.69, 9.17) is 5.11 Å². The largest absolute Gasteiger partial charge is 0.478 e. The summed E-state index contributed by atoms with van der Waals surface area (Å²) >= 11 is 0. The number of aryl methyl sites for hydroxylation is 1. The van der Waals surface area contributed by atoms with Gasteiger partial charge in [-0.2, -0.15) is 0 Å². The summed E-state index contributed by atoms with van der Waals surface area (Å²) in [7, 11) is 0. The van der Waals surface area contributed by atoms with Crippen molar-refractivity contribution in [2.24, 2.45) is 0 Å². The van der Waals surface area contributed by atoms with Crippen molar-refractivity contribution >= 4 is 5.97 Å². The molecule has 1 N–H and O–H groups in total. The van der Waals surface area contributed by atoms with E-state index in [9.17, 15) is 4.79 Å². The van der Waals surface area contributed by atoms with Gasteiger partial charge < -0.3 is 5.11 Å². The maximum absolute atomic E-state index is 11.1. The maximum Gasteiger partial charge on any atom is 0.335 e. The second-order valence-electron chi connectivity index (χ2n) is 6.32. The Kier molecular flexibility index (Phi) is 4.77. The van der Waals surface area contributed by atoms with Gasteiger partial charge in [0.25, 0.3) is 0 Å². The van der Waals surface area contributed by atoms with Gasteiger partial charge in [-0.05, 0) is 54.1 Å². The highest BCUT2D eigenvalue weighted by atomic mass is 16.4. The average Bonchev–Trinajstić information content (AvgIpc) is 3.03. The van der Waals surface area contributed by atoms with E-state index in [-0.39, 0.29) is 0 Å². The molecule has 0 aliphatic carbocycles. The third kappa shape index (κ3) is 3.80. The summed E-state index contributed by atoms with van der Waals surface area (Å²) in [5.41, 5.74) is 4.25. The second kappa shape index (κ2) is 6.97. The molecule has 1 aliphatic rings. The van der Waals surface area contributed by atoms with Gasteiger partial charge in [-0.25, -0.2) is 4.79 Å². The second-order valence-corrected chi connectivity index (χ2v) is 6.32. The van der Waals surface area contributed by atoms with Crippen molar-refractivity contribution in [3.05, 3.63) is 70.8 Å². The Morgan fingerprint density at radius 2 is 1.96 bits per heavy atom. The Morgan fingerprint density at radius 3 is 2.65 bits per heavy atom.